The molecule has 2 N–H and O–H groups in total. The lowest BCUT2D eigenvalue weighted by molar-refractivity contribution is -0.137. The minimum Gasteiger partial charge on any atom is -0.480 e. The molecule has 0 saturated heterocycles. The Morgan fingerprint density at radius 2 is 1.94 bits per heavy atom. The highest BCUT2D eigenvalue weighted by molar-refractivity contribution is 5.77. The summed E-state index contributed by atoms with van der Waals surface area (Å²) in [5, 5.41) is 12.0. The second-order valence-corrected chi connectivity index (χ2v) is 4.32. The van der Waals surface area contributed by atoms with Crippen molar-refractivity contribution in [3.63, 3.8) is 0 Å². The lowest BCUT2D eigenvalue weighted by Crippen LogP contribution is -2.27. The molecule has 0 aromatic heterocycles. The van der Waals surface area contributed by atoms with Gasteiger partial charge in [0.25, 0.3) is 0 Å². The number of para-hydroxylation sites is 1. The maximum absolute atomic E-state index is 10.9. The van der Waals surface area contributed by atoms with Gasteiger partial charge in [-0.2, -0.15) is 0 Å². The molecule has 1 atom stereocenters. The summed E-state index contributed by atoms with van der Waals surface area (Å²) in [5.41, 5.74) is 2.04. The first-order valence-corrected chi connectivity index (χ1v) is 6.38. The van der Waals surface area contributed by atoms with Gasteiger partial charge >= 0.3 is 5.97 Å². The van der Waals surface area contributed by atoms with Gasteiger partial charge in [0.05, 0.1) is 0 Å². The van der Waals surface area contributed by atoms with Crippen LogP contribution in [-0.2, 0) is 11.3 Å². The topological polar surface area (TPSA) is 52.6 Å². The molecular formula is C14H22N2O2. The number of aliphatic carboxylic acids is 1. The van der Waals surface area contributed by atoms with Crippen molar-refractivity contribution < 1.29 is 9.90 Å². The van der Waals surface area contributed by atoms with Gasteiger partial charge in [0.2, 0.25) is 0 Å². The standard InChI is InChI=1S/C14H22N2O2/c1-4-16(5-2)10-12-8-6-7-9-13(12)15-11(3)14(17)18/h6-9,11,15H,4-5,10H2,1-3H3,(H,17,18). The first-order chi connectivity index (χ1) is 8.58. The molecule has 0 heterocycles. The zero-order valence-electron chi connectivity index (χ0n) is 11.3. The van der Waals surface area contributed by atoms with Gasteiger partial charge in [-0.15, -0.1) is 0 Å². The smallest absolute Gasteiger partial charge is 0.325 e. The van der Waals surface area contributed by atoms with Gasteiger partial charge in [0.15, 0.2) is 0 Å². The fourth-order valence-corrected chi connectivity index (χ4v) is 1.78. The van der Waals surface area contributed by atoms with Gasteiger partial charge in [0, 0.05) is 12.2 Å². The fraction of sp³-hybridized carbons (Fsp3) is 0.500. The summed E-state index contributed by atoms with van der Waals surface area (Å²) in [7, 11) is 0. The van der Waals surface area contributed by atoms with Crippen LogP contribution in [0.15, 0.2) is 24.3 Å². The quantitative estimate of drug-likeness (QED) is 0.780. The third kappa shape index (κ3) is 4.04. The molecule has 1 aromatic carbocycles. The average molecular weight is 250 g/mol. The van der Waals surface area contributed by atoms with E-state index in [9.17, 15) is 4.79 Å². The van der Waals surface area contributed by atoms with Crippen molar-refractivity contribution in [3.05, 3.63) is 29.8 Å². The minimum atomic E-state index is -0.840. The molecule has 0 bridgehead atoms. The fourth-order valence-electron chi connectivity index (χ4n) is 1.78. The van der Waals surface area contributed by atoms with Crippen LogP contribution in [0.1, 0.15) is 26.3 Å². The highest BCUT2D eigenvalue weighted by Crippen LogP contribution is 2.18. The second-order valence-electron chi connectivity index (χ2n) is 4.32. The molecule has 100 valence electrons. The number of rotatable bonds is 7. The summed E-state index contributed by atoms with van der Waals surface area (Å²) >= 11 is 0. The van der Waals surface area contributed by atoms with Crippen LogP contribution in [0, 0.1) is 0 Å². The maximum atomic E-state index is 10.9. The lowest BCUT2D eigenvalue weighted by atomic mass is 10.1. The van der Waals surface area contributed by atoms with E-state index >= 15 is 0 Å². The number of benzene rings is 1. The van der Waals surface area contributed by atoms with Crippen LogP contribution in [0.3, 0.4) is 0 Å². The monoisotopic (exact) mass is 250 g/mol. The van der Waals surface area contributed by atoms with Gasteiger partial charge in [-0.05, 0) is 31.6 Å². The average Bonchev–Trinajstić information content (AvgIpc) is 2.37. The third-order valence-electron chi connectivity index (χ3n) is 3.05. The number of carbonyl (C=O) groups is 1. The normalized spacial score (nSPS) is 12.4. The number of hydrogen-bond acceptors (Lipinski definition) is 3. The van der Waals surface area contributed by atoms with Crippen LogP contribution in [0.2, 0.25) is 0 Å². The molecule has 0 aliphatic carbocycles. The summed E-state index contributed by atoms with van der Waals surface area (Å²) in [6, 6.07) is 7.29. The molecule has 4 nitrogen and oxygen atoms in total. The Morgan fingerprint density at radius 3 is 2.50 bits per heavy atom. The first-order valence-electron chi connectivity index (χ1n) is 6.38. The second kappa shape index (κ2) is 7.01. The van der Waals surface area contributed by atoms with E-state index in [2.05, 4.69) is 24.1 Å². The molecule has 0 spiro atoms. The van der Waals surface area contributed by atoms with Crippen molar-refractivity contribution >= 4 is 11.7 Å². The van der Waals surface area contributed by atoms with Crippen LogP contribution in [0.25, 0.3) is 0 Å². The van der Waals surface area contributed by atoms with Crippen molar-refractivity contribution in [1.82, 2.24) is 4.90 Å². The Labute approximate surface area is 109 Å². The molecule has 0 amide bonds. The van der Waals surface area contributed by atoms with Crippen LogP contribution >= 0.6 is 0 Å². The van der Waals surface area contributed by atoms with Gasteiger partial charge in [-0.25, -0.2) is 0 Å². The predicted molar refractivity (Wildman–Crippen MR) is 73.8 cm³/mol. The van der Waals surface area contributed by atoms with Crippen LogP contribution in [-0.4, -0.2) is 35.1 Å². The SMILES string of the molecule is CCN(CC)Cc1ccccc1NC(C)C(=O)O. The Hall–Kier alpha value is -1.55. The molecule has 0 fully saturated rings. The zero-order chi connectivity index (χ0) is 13.5. The summed E-state index contributed by atoms with van der Waals surface area (Å²) in [6.45, 7) is 8.70. The highest BCUT2D eigenvalue weighted by atomic mass is 16.4. The summed E-state index contributed by atoms with van der Waals surface area (Å²) < 4.78 is 0. The van der Waals surface area contributed by atoms with Gasteiger partial charge in [-0.1, -0.05) is 32.0 Å². The molecule has 1 rings (SSSR count). The van der Waals surface area contributed by atoms with E-state index in [1.54, 1.807) is 6.92 Å². The van der Waals surface area contributed by atoms with E-state index in [-0.39, 0.29) is 0 Å². The lowest BCUT2D eigenvalue weighted by Gasteiger charge is -2.21. The number of nitrogens with one attached hydrogen (secondary N) is 1. The zero-order valence-corrected chi connectivity index (χ0v) is 11.3. The molecule has 1 aromatic rings. The maximum Gasteiger partial charge on any atom is 0.325 e. The van der Waals surface area contributed by atoms with Crippen molar-refractivity contribution in [2.45, 2.75) is 33.4 Å². The van der Waals surface area contributed by atoms with E-state index in [1.807, 2.05) is 24.3 Å². The van der Waals surface area contributed by atoms with Crippen LogP contribution in [0.5, 0.6) is 0 Å². The Kier molecular flexibility index (Phi) is 5.65. The van der Waals surface area contributed by atoms with E-state index in [0.717, 1.165) is 30.9 Å². The third-order valence-corrected chi connectivity index (χ3v) is 3.05. The summed E-state index contributed by atoms with van der Waals surface area (Å²) in [5.74, 6) is -0.840. The summed E-state index contributed by atoms with van der Waals surface area (Å²) in [4.78, 5) is 13.2. The molecular weight excluding hydrogens is 228 g/mol. The molecule has 4 heteroatoms. The van der Waals surface area contributed by atoms with Crippen LogP contribution in [0.4, 0.5) is 5.69 Å². The molecule has 1 unspecified atom stereocenters. The molecule has 18 heavy (non-hydrogen) atoms. The molecule has 0 saturated carbocycles. The predicted octanol–water partition coefficient (Wildman–Crippen LogP) is 2.41. The first kappa shape index (κ1) is 14.5. The van der Waals surface area contributed by atoms with Gasteiger partial charge in [0.1, 0.15) is 6.04 Å². The Bertz CT molecular complexity index is 389. The van der Waals surface area contributed by atoms with E-state index in [0.29, 0.717) is 0 Å². The van der Waals surface area contributed by atoms with E-state index in [4.69, 9.17) is 5.11 Å². The molecule has 0 aliphatic rings. The number of carboxylic acid groups (broad SMARTS) is 1. The largest absolute Gasteiger partial charge is 0.480 e. The summed E-state index contributed by atoms with van der Waals surface area (Å²) in [6.07, 6.45) is 0. The molecule has 0 aliphatic heterocycles. The minimum absolute atomic E-state index is 0.581. The number of anilines is 1. The van der Waals surface area contributed by atoms with Crippen LogP contribution < -0.4 is 5.32 Å². The number of hydrogen-bond donors (Lipinski definition) is 2. The van der Waals surface area contributed by atoms with E-state index < -0.39 is 12.0 Å². The van der Waals surface area contributed by atoms with Gasteiger partial charge < -0.3 is 10.4 Å². The van der Waals surface area contributed by atoms with Crippen molar-refractivity contribution in [2.75, 3.05) is 18.4 Å². The van der Waals surface area contributed by atoms with E-state index in [1.165, 1.54) is 0 Å². The molecule has 0 radical (unpaired) electrons. The highest BCUT2D eigenvalue weighted by Gasteiger charge is 2.13. The number of carboxylic acids is 1. The van der Waals surface area contributed by atoms with Gasteiger partial charge in [-0.3, -0.25) is 9.69 Å². The van der Waals surface area contributed by atoms with Crippen molar-refractivity contribution in [1.29, 1.82) is 0 Å². The Morgan fingerprint density at radius 1 is 1.33 bits per heavy atom. The number of nitrogens with zero attached hydrogens (tertiary/aromatic N) is 1. The Balaban J connectivity index is 2.82. The van der Waals surface area contributed by atoms with Crippen molar-refractivity contribution in [2.24, 2.45) is 0 Å². The van der Waals surface area contributed by atoms with Crippen molar-refractivity contribution in [3.8, 4) is 0 Å².